The monoisotopic (exact) mass is 143 g/mol. The predicted octanol–water partition coefficient (Wildman–Crippen LogP) is 2.18. The molecule has 0 aromatic carbocycles. The molecule has 1 heterocycles. The first-order valence-electron chi connectivity index (χ1n) is 3.42. The van der Waals surface area contributed by atoms with Crippen LogP contribution in [0.15, 0.2) is 4.99 Å². The van der Waals surface area contributed by atoms with E-state index in [1.54, 1.807) is 0 Å². The first kappa shape index (κ1) is 7.13. The van der Waals surface area contributed by atoms with Gasteiger partial charge in [0.15, 0.2) is 0 Å². The minimum atomic E-state index is 0.620. The molecule has 0 saturated carbocycles. The average molecular weight is 143 g/mol. The molecule has 1 rings (SSSR count). The van der Waals surface area contributed by atoms with Crippen LogP contribution in [0.25, 0.3) is 0 Å². The molecule has 1 aliphatic heterocycles. The first-order chi connectivity index (χ1) is 4.29. The minimum Gasteiger partial charge on any atom is -0.282 e. The van der Waals surface area contributed by atoms with E-state index in [0.29, 0.717) is 6.04 Å². The standard InChI is InChI=1S/C7H13NS/c1-6(2)3-7-4-9-5-8-7/h5-7H,3-4H2,1-2H3. The smallest absolute Gasteiger partial charge is 0.0602 e. The van der Waals surface area contributed by atoms with Crippen LogP contribution in [-0.4, -0.2) is 17.3 Å². The van der Waals surface area contributed by atoms with Gasteiger partial charge in [-0.05, 0) is 12.3 Å². The quantitative estimate of drug-likeness (QED) is 0.577. The van der Waals surface area contributed by atoms with Gasteiger partial charge < -0.3 is 0 Å². The summed E-state index contributed by atoms with van der Waals surface area (Å²) in [4.78, 5) is 4.31. The topological polar surface area (TPSA) is 12.4 Å². The molecule has 1 nitrogen and oxygen atoms in total. The van der Waals surface area contributed by atoms with Crippen LogP contribution in [0.3, 0.4) is 0 Å². The molecule has 1 aliphatic rings. The van der Waals surface area contributed by atoms with E-state index in [0.717, 1.165) is 5.92 Å². The van der Waals surface area contributed by atoms with Crippen molar-refractivity contribution in [2.24, 2.45) is 10.9 Å². The van der Waals surface area contributed by atoms with Crippen molar-refractivity contribution >= 4 is 17.3 Å². The molecule has 0 aromatic heterocycles. The van der Waals surface area contributed by atoms with E-state index in [1.165, 1.54) is 12.2 Å². The molecule has 0 aromatic rings. The third-order valence-electron chi connectivity index (χ3n) is 1.38. The van der Waals surface area contributed by atoms with Crippen molar-refractivity contribution in [2.45, 2.75) is 26.3 Å². The molecule has 0 fully saturated rings. The van der Waals surface area contributed by atoms with Gasteiger partial charge in [0.05, 0.1) is 11.6 Å². The highest BCUT2D eigenvalue weighted by Crippen LogP contribution is 2.17. The van der Waals surface area contributed by atoms with E-state index < -0.39 is 0 Å². The predicted molar refractivity (Wildman–Crippen MR) is 44.2 cm³/mol. The Morgan fingerprint density at radius 3 is 3.00 bits per heavy atom. The van der Waals surface area contributed by atoms with Crippen molar-refractivity contribution in [1.82, 2.24) is 0 Å². The van der Waals surface area contributed by atoms with E-state index in [9.17, 15) is 0 Å². The maximum Gasteiger partial charge on any atom is 0.0602 e. The molecule has 0 radical (unpaired) electrons. The Kier molecular flexibility index (Phi) is 2.58. The second-order valence-corrected chi connectivity index (χ2v) is 3.75. The van der Waals surface area contributed by atoms with E-state index in [1.807, 2.05) is 17.3 Å². The van der Waals surface area contributed by atoms with Crippen molar-refractivity contribution in [3.05, 3.63) is 0 Å². The van der Waals surface area contributed by atoms with E-state index in [4.69, 9.17) is 0 Å². The Bertz CT molecular complexity index is 109. The Hall–Kier alpha value is 0.0200. The molecule has 52 valence electrons. The summed E-state index contributed by atoms with van der Waals surface area (Å²) >= 11 is 1.83. The first-order valence-corrected chi connectivity index (χ1v) is 4.47. The number of aliphatic imine (C=N–C) groups is 1. The van der Waals surface area contributed by atoms with Crippen LogP contribution in [0.4, 0.5) is 0 Å². The Morgan fingerprint density at radius 1 is 1.78 bits per heavy atom. The molecule has 1 unspecified atom stereocenters. The summed E-state index contributed by atoms with van der Waals surface area (Å²) < 4.78 is 0. The highest BCUT2D eigenvalue weighted by atomic mass is 32.2. The molecule has 9 heavy (non-hydrogen) atoms. The van der Waals surface area contributed by atoms with Crippen LogP contribution >= 0.6 is 11.8 Å². The number of hydrogen-bond donors (Lipinski definition) is 0. The number of rotatable bonds is 2. The van der Waals surface area contributed by atoms with Crippen molar-refractivity contribution < 1.29 is 0 Å². The van der Waals surface area contributed by atoms with Crippen molar-refractivity contribution in [2.75, 3.05) is 5.75 Å². The van der Waals surface area contributed by atoms with Crippen LogP contribution < -0.4 is 0 Å². The minimum absolute atomic E-state index is 0.620. The molecule has 0 spiro atoms. The van der Waals surface area contributed by atoms with Crippen LogP contribution in [0, 0.1) is 5.92 Å². The zero-order valence-corrected chi connectivity index (χ0v) is 6.82. The lowest BCUT2D eigenvalue weighted by Crippen LogP contribution is -2.06. The molecule has 0 amide bonds. The van der Waals surface area contributed by atoms with Crippen LogP contribution in [0.1, 0.15) is 20.3 Å². The lowest BCUT2D eigenvalue weighted by molar-refractivity contribution is 0.530. The fourth-order valence-electron chi connectivity index (χ4n) is 0.999. The fourth-order valence-corrected chi connectivity index (χ4v) is 1.79. The maximum atomic E-state index is 4.31. The Balaban J connectivity index is 2.20. The number of thioether (sulfide) groups is 1. The van der Waals surface area contributed by atoms with Crippen LogP contribution in [-0.2, 0) is 0 Å². The van der Waals surface area contributed by atoms with Crippen molar-refractivity contribution in [3.63, 3.8) is 0 Å². The van der Waals surface area contributed by atoms with Gasteiger partial charge in [-0.2, -0.15) is 0 Å². The zero-order valence-electron chi connectivity index (χ0n) is 6.00. The van der Waals surface area contributed by atoms with Crippen LogP contribution in [0.2, 0.25) is 0 Å². The van der Waals surface area contributed by atoms with Gasteiger partial charge >= 0.3 is 0 Å². The lowest BCUT2D eigenvalue weighted by Gasteiger charge is -2.07. The summed E-state index contributed by atoms with van der Waals surface area (Å²) in [7, 11) is 0. The molecule has 0 bridgehead atoms. The van der Waals surface area contributed by atoms with Gasteiger partial charge in [0.25, 0.3) is 0 Å². The van der Waals surface area contributed by atoms with Gasteiger partial charge in [-0.25, -0.2) is 0 Å². The van der Waals surface area contributed by atoms with Gasteiger partial charge in [0, 0.05) is 5.75 Å². The van der Waals surface area contributed by atoms with Gasteiger partial charge in [-0.3, -0.25) is 4.99 Å². The van der Waals surface area contributed by atoms with Crippen molar-refractivity contribution in [1.29, 1.82) is 0 Å². The normalized spacial score (nSPS) is 25.9. The van der Waals surface area contributed by atoms with Gasteiger partial charge in [-0.15, -0.1) is 11.8 Å². The summed E-state index contributed by atoms with van der Waals surface area (Å²) in [6, 6.07) is 0.620. The zero-order chi connectivity index (χ0) is 6.69. The van der Waals surface area contributed by atoms with Crippen molar-refractivity contribution in [3.8, 4) is 0 Å². The third-order valence-corrected chi connectivity index (χ3v) is 2.23. The molecule has 0 N–H and O–H groups in total. The molecule has 2 heteroatoms. The Morgan fingerprint density at radius 2 is 2.56 bits per heavy atom. The van der Waals surface area contributed by atoms with Gasteiger partial charge in [-0.1, -0.05) is 13.8 Å². The average Bonchev–Trinajstić information content (AvgIpc) is 2.15. The molecule has 0 aliphatic carbocycles. The highest BCUT2D eigenvalue weighted by Gasteiger charge is 2.11. The second kappa shape index (κ2) is 3.25. The van der Waals surface area contributed by atoms with E-state index >= 15 is 0 Å². The van der Waals surface area contributed by atoms with Gasteiger partial charge in [0.1, 0.15) is 0 Å². The van der Waals surface area contributed by atoms with Gasteiger partial charge in [0.2, 0.25) is 0 Å². The second-order valence-electron chi connectivity index (χ2n) is 2.87. The largest absolute Gasteiger partial charge is 0.282 e. The third kappa shape index (κ3) is 2.39. The molecular weight excluding hydrogens is 130 g/mol. The molecule has 0 saturated heterocycles. The molecular formula is C7H13NS. The number of nitrogens with zero attached hydrogens (tertiary/aromatic N) is 1. The summed E-state index contributed by atoms with van der Waals surface area (Å²) in [5, 5.41) is 0. The summed E-state index contributed by atoms with van der Waals surface area (Å²) in [5.41, 5.74) is 1.98. The number of hydrogen-bond acceptors (Lipinski definition) is 2. The van der Waals surface area contributed by atoms with E-state index in [2.05, 4.69) is 18.8 Å². The Labute approximate surface area is 60.9 Å². The van der Waals surface area contributed by atoms with Crippen LogP contribution in [0.5, 0.6) is 0 Å². The summed E-state index contributed by atoms with van der Waals surface area (Å²) in [5.74, 6) is 2.00. The van der Waals surface area contributed by atoms with E-state index in [-0.39, 0.29) is 0 Å². The summed E-state index contributed by atoms with van der Waals surface area (Å²) in [6.07, 6.45) is 1.25. The summed E-state index contributed by atoms with van der Waals surface area (Å²) in [6.45, 7) is 4.50. The lowest BCUT2D eigenvalue weighted by atomic mass is 10.1. The maximum absolute atomic E-state index is 4.31. The highest BCUT2D eigenvalue weighted by molar-refractivity contribution is 8.12. The fraction of sp³-hybridized carbons (Fsp3) is 0.857. The SMILES string of the molecule is CC(C)CC1CSC=N1. The molecule has 1 atom stereocenters.